The molecule has 0 unspecified atom stereocenters. The van der Waals surface area contributed by atoms with Gasteiger partial charge in [-0.2, -0.15) is 0 Å². The maximum Gasteiger partial charge on any atom is 0.319 e. The fourth-order valence-electron chi connectivity index (χ4n) is 1.97. The van der Waals surface area contributed by atoms with Crippen molar-refractivity contribution in [1.82, 2.24) is 5.32 Å². The van der Waals surface area contributed by atoms with Crippen LogP contribution in [0.25, 0.3) is 0 Å². The number of amides is 2. The van der Waals surface area contributed by atoms with Crippen LogP contribution in [0.5, 0.6) is 17.2 Å². The van der Waals surface area contributed by atoms with Gasteiger partial charge in [0.2, 0.25) is 0 Å². The molecular weight excluding hydrogens is 339 g/mol. The fourth-order valence-corrected chi connectivity index (χ4v) is 1.97. The lowest BCUT2D eigenvalue weighted by molar-refractivity contribution is 0.253. The van der Waals surface area contributed by atoms with Crippen LogP contribution in [0.3, 0.4) is 0 Å². The van der Waals surface area contributed by atoms with E-state index < -0.39 is 11.8 Å². The lowest BCUT2D eigenvalue weighted by atomic mass is 10.3. The van der Waals surface area contributed by atoms with E-state index in [1.807, 2.05) is 0 Å². The summed E-state index contributed by atoms with van der Waals surface area (Å²) in [5, 5.41) is 5.24. The molecule has 0 fully saturated rings. The van der Waals surface area contributed by atoms with Crippen LogP contribution in [-0.4, -0.2) is 33.4 Å². The summed E-state index contributed by atoms with van der Waals surface area (Å²) in [5.74, 6) is 6.23. The standard InChI is InChI=1S/C19H19FN2O4/c1-24-15-11-14(12-16(13-15)25-2)22-19(23)21-9-5-6-10-26-18-8-4-3-7-17(18)20/h3-4,7-8,11-13H,9-10H2,1-2H3,(H2,21,22,23). The van der Waals surface area contributed by atoms with Gasteiger partial charge < -0.3 is 24.8 Å². The van der Waals surface area contributed by atoms with Gasteiger partial charge in [-0.3, -0.25) is 0 Å². The molecule has 0 saturated heterocycles. The second-order valence-electron chi connectivity index (χ2n) is 4.98. The van der Waals surface area contributed by atoms with Gasteiger partial charge in [-0.1, -0.05) is 24.0 Å². The Bertz CT molecular complexity index is 792. The quantitative estimate of drug-likeness (QED) is 0.779. The van der Waals surface area contributed by atoms with E-state index in [2.05, 4.69) is 22.5 Å². The minimum Gasteiger partial charge on any atom is -0.497 e. The van der Waals surface area contributed by atoms with Crippen molar-refractivity contribution in [2.75, 3.05) is 32.7 Å². The van der Waals surface area contributed by atoms with Crippen LogP contribution in [0.15, 0.2) is 42.5 Å². The monoisotopic (exact) mass is 358 g/mol. The van der Waals surface area contributed by atoms with Crippen molar-refractivity contribution in [3.8, 4) is 29.1 Å². The van der Waals surface area contributed by atoms with Crippen LogP contribution < -0.4 is 24.8 Å². The summed E-state index contributed by atoms with van der Waals surface area (Å²) in [7, 11) is 3.05. The molecule has 0 saturated carbocycles. The number of methoxy groups -OCH3 is 2. The average Bonchev–Trinajstić information content (AvgIpc) is 2.65. The highest BCUT2D eigenvalue weighted by Gasteiger charge is 2.05. The van der Waals surface area contributed by atoms with Crippen LogP contribution in [0.1, 0.15) is 0 Å². The summed E-state index contributed by atoms with van der Waals surface area (Å²) >= 11 is 0. The molecule has 2 aromatic rings. The van der Waals surface area contributed by atoms with Crippen LogP contribution in [-0.2, 0) is 0 Å². The number of hydrogen-bond donors (Lipinski definition) is 2. The smallest absolute Gasteiger partial charge is 0.319 e. The van der Waals surface area contributed by atoms with E-state index in [0.717, 1.165) is 0 Å². The van der Waals surface area contributed by atoms with Crippen LogP contribution >= 0.6 is 0 Å². The summed E-state index contributed by atoms with van der Waals surface area (Å²) in [6.07, 6.45) is 0. The third kappa shape index (κ3) is 5.91. The van der Waals surface area contributed by atoms with E-state index in [0.29, 0.717) is 17.2 Å². The van der Waals surface area contributed by atoms with Crippen molar-refractivity contribution in [3.05, 3.63) is 48.3 Å². The molecule has 0 spiro atoms. The summed E-state index contributed by atoms with van der Waals surface area (Å²) in [6, 6.07) is 10.7. The topological polar surface area (TPSA) is 68.8 Å². The van der Waals surface area contributed by atoms with Crippen molar-refractivity contribution >= 4 is 11.7 Å². The van der Waals surface area contributed by atoms with Crippen molar-refractivity contribution in [3.63, 3.8) is 0 Å². The highest BCUT2D eigenvalue weighted by Crippen LogP contribution is 2.25. The number of para-hydroxylation sites is 1. The summed E-state index contributed by atoms with van der Waals surface area (Å²) in [5.41, 5.74) is 0.523. The molecule has 6 nitrogen and oxygen atoms in total. The van der Waals surface area contributed by atoms with E-state index in [9.17, 15) is 9.18 Å². The number of rotatable bonds is 6. The number of urea groups is 1. The second kappa shape index (κ2) is 9.79. The van der Waals surface area contributed by atoms with Crippen LogP contribution in [0.4, 0.5) is 14.9 Å². The number of nitrogens with one attached hydrogen (secondary N) is 2. The van der Waals surface area contributed by atoms with Crippen LogP contribution in [0, 0.1) is 17.7 Å². The van der Waals surface area contributed by atoms with Gasteiger partial charge in [0.15, 0.2) is 11.6 Å². The molecule has 0 atom stereocenters. The highest BCUT2D eigenvalue weighted by molar-refractivity contribution is 5.89. The Morgan fingerprint density at radius 1 is 1.08 bits per heavy atom. The van der Waals surface area contributed by atoms with E-state index in [-0.39, 0.29) is 18.9 Å². The van der Waals surface area contributed by atoms with Crippen molar-refractivity contribution in [1.29, 1.82) is 0 Å². The molecule has 2 rings (SSSR count). The van der Waals surface area contributed by atoms with Gasteiger partial charge in [0.1, 0.15) is 18.1 Å². The van der Waals surface area contributed by atoms with Gasteiger partial charge in [0.25, 0.3) is 0 Å². The lowest BCUT2D eigenvalue weighted by Crippen LogP contribution is -2.29. The summed E-state index contributed by atoms with van der Waals surface area (Å²) < 4.78 is 28.8. The third-order valence-electron chi connectivity index (χ3n) is 3.21. The summed E-state index contributed by atoms with van der Waals surface area (Å²) in [6.45, 7) is 0.144. The highest BCUT2D eigenvalue weighted by atomic mass is 19.1. The van der Waals surface area contributed by atoms with Gasteiger partial charge >= 0.3 is 6.03 Å². The fraction of sp³-hybridized carbons (Fsp3) is 0.211. The largest absolute Gasteiger partial charge is 0.497 e. The molecule has 7 heteroatoms. The van der Waals surface area contributed by atoms with Crippen molar-refractivity contribution in [2.45, 2.75) is 0 Å². The zero-order valence-corrected chi connectivity index (χ0v) is 14.5. The van der Waals surface area contributed by atoms with E-state index in [1.165, 1.54) is 26.4 Å². The predicted molar refractivity (Wildman–Crippen MR) is 96.2 cm³/mol. The molecule has 2 aromatic carbocycles. The number of benzene rings is 2. The van der Waals surface area contributed by atoms with Gasteiger partial charge in [0.05, 0.1) is 20.8 Å². The first-order chi connectivity index (χ1) is 12.6. The Kier molecular flexibility index (Phi) is 7.13. The molecule has 0 aromatic heterocycles. The van der Waals surface area contributed by atoms with Crippen molar-refractivity contribution in [2.24, 2.45) is 0 Å². The first kappa shape index (κ1) is 18.9. The number of halogens is 1. The molecule has 0 aliphatic carbocycles. The molecule has 0 heterocycles. The molecule has 0 aliphatic rings. The number of hydrogen-bond acceptors (Lipinski definition) is 4. The van der Waals surface area contributed by atoms with Gasteiger partial charge in [-0.05, 0) is 12.1 Å². The minimum atomic E-state index is -0.444. The van der Waals surface area contributed by atoms with Gasteiger partial charge in [-0.15, -0.1) is 0 Å². The predicted octanol–water partition coefficient (Wildman–Crippen LogP) is 3.05. The molecule has 2 amide bonds. The van der Waals surface area contributed by atoms with Crippen LogP contribution in [0.2, 0.25) is 0 Å². The molecule has 0 radical (unpaired) electrons. The Labute approximate surface area is 151 Å². The molecular formula is C19H19FN2O4. The third-order valence-corrected chi connectivity index (χ3v) is 3.21. The SMILES string of the molecule is COc1cc(NC(=O)NCC#CCOc2ccccc2F)cc(OC)c1. The number of carbonyl (C=O) groups is 1. The maximum atomic E-state index is 13.3. The Morgan fingerprint density at radius 2 is 1.77 bits per heavy atom. The van der Waals surface area contributed by atoms with E-state index in [1.54, 1.807) is 30.3 Å². The normalized spacial score (nSPS) is 9.50. The number of ether oxygens (including phenoxy) is 3. The Morgan fingerprint density at radius 3 is 2.42 bits per heavy atom. The first-order valence-corrected chi connectivity index (χ1v) is 7.73. The first-order valence-electron chi connectivity index (χ1n) is 7.73. The number of anilines is 1. The van der Waals surface area contributed by atoms with E-state index >= 15 is 0 Å². The zero-order valence-electron chi connectivity index (χ0n) is 14.5. The Hall–Kier alpha value is -3.40. The maximum absolute atomic E-state index is 13.3. The second-order valence-corrected chi connectivity index (χ2v) is 4.98. The molecule has 26 heavy (non-hydrogen) atoms. The molecule has 0 aliphatic heterocycles. The minimum absolute atomic E-state index is 0.0251. The molecule has 136 valence electrons. The average molecular weight is 358 g/mol. The number of carbonyl (C=O) groups excluding carboxylic acids is 1. The van der Waals surface area contributed by atoms with Crippen molar-refractivity contribution < 1.29 is 23.4 Å². The van der Waals surface area contributed by atoms with Gasteiger partial charge in [0, 0.05) is 23.9 Å². The zero-order chi connectivity index (χ0) is 18.8. The lowest BCUT2D eigenvalue weighted by Gasteiger charge is -2.09. The molecule has 2 N–H and O–H groups in total. The summed E-state index contributed by atoms with van der Waals surface area (Å²) in [4.78, 5) is 11.9. The van der Waals surface area contributed by atoms with Gasteiger partial charge in [-0.25, -0.2) is 9.18 Å². The van der Waals surface area contributed by atoms with E-state index in [4.69, 9.17) is 14.2 Å². The Balaban J connectivity index is 1.77. The molecule has 0 bridgehead atoms.